The Balaban J connectivity index is 1.25. The van der Waals surface area contributed by atoms with E-state index in [9.17, 15) is 22.8 Å². The number of fused-ring (bicyclic) bond motifs is 1. The molecule has 2 heterocycles. The summed E-state index contributed by atoms with van der Waals surface area (Å²) in [6.45, 7) is 3.38. The predicted octanol–water partition coefficient (Wildman–Crippen LogP) is 0.130. The number of carbonyl (C=O) groups excluding carboxylic acids is 3. The lowest BCUT2D eigenvalue weighted by Gasteiger charge is -2.31. The maximum absolute atomic E-state index is 13.9. The number of alkyl carbamates (subject to hydrolysis) is 1. The van der Waals surface area contributed by atoms with Crippen LogP contribution in [0.3, 0.4) is 0 Å². The number of rotatable bonds is 15. The molecular formula is C29H38N10O7S. The van der Waals surface area contributed by atoms with E-state index in [1.165, 1.54) is 18.5 Å². The summed E-state index contributed by atoms with van der Waals surface area (Å²) in [5.74, 6) is -0.636. The Hall–Kier alpha value is -4.68. The Morgan fingerprint density at radius 1 is 1.21 bits per heavy atom. The van der Waals surface area contributed by atoms with E-state index < -0.39 is 46.5 Å². The van der Waals surface area contributed by atoms with Crippen LogP contribution in [0.4, 0.5) is 4.79 Å². The highest BCUT2D eigenvalue weighted by atomic mass is 32.2. The number of hydrogen-bond acceptors (Lipinski definition) is 12. The first-order valence-electron chi connectivity index (χ1n) is 15.3. The molecule has 3 amide bonds. The van der Waals surface area contributed by atoms with Crippen LogP contribution in [0.15, 0.2) is 52.5 Å². The molecule has 1 aliphatic heterocycles. The monoisotopic (exact) mass is 670 g/mol. The van der Waals surface area contributed by atoms with E-state index in [4.69, 9.17) is 9.47 Å². The van der Waals surface area contributed by atoms with Crippen LogP contribution in [-0.2, 0) is 35.5 Å². The van der Waals surface area contributed by atoms with Crippen LogP contribution in [0, 0.1) is 0 Å². The Labute approximate surface area is 271 Å². The highest BCUT2D eigenvalue weighted by Gasteiger charge is 2.38. The van der Waals surface area contributed by atoms with E-state index in [2.05, 4.69) is 41.1 Å². The molecule has 1 unspecified atom stereocenters. The summed E-state index contributed by atoms with van der Waals surface area (Å²) >= 11 is 0. The molecule has 5 rings (SSSR count). The molecule has 2 aromatic carbocycles. The molecule has 1 aromatic heterocycles. The molecule has 2 fully saturated rings. The second-order valence-corrected chi connectivity index (χ2v) is 12.8. The first-order valence-corrected chi connectivity index (χ1v) is 16.8. The molecule has 0 spiro atoms. The van der Waals surface area contributed by atoms with Crippen molar-refractivity contribution in [3.63, 3.8) is 0 Å². The van der Waals surface area contributed by atoms with Gasteiger partial charge in [-0.1, -0.05) is 35.5 Å². The zero-order chi connectivity index (χ0) is 33.2. The normalized spacial score (nSPS) is 17.4. The molecule has 0 radical (unpaired) electrons. The standard InChI is InChI=1S/C29H38N10O7S/c1-2-45-29(42)31-19-32-38-13-14-46-23(18-38)17-30-27(40)16-25(28(41)39(22-8-9-22)12-11-26-33-36-37-34-26)35-47(43,44)24-10-7-20-5-3-4-6-21(20)15-24/h3-7,10,15,19,22-23,25,35H,2,8-9,11-14,16-18H2,1H3,(H,30,40)(H,31,32,42)(H,33,34,36,37)/t23?,25-/m0/s1. The summed E-state index contributed by atoms with van der Waals surface area (Å²) < 4.78 is 40.3. The lowest BCUT2D eigenvalue weighted by Crippen LogP contribution is -2.52. The Bertz CT molecular complexity index is 1670. The zero-order valence-corrected chi connectivity index (χ0v) is 26.7. The highest BCUT2D eigenvalue weighted by molar-refractivity contribution is 7.89. The summed E-state index contributed by atoms with van der Waals surface area (Å²) in [6, 6.07) is 10.6. The van der Waals surface area contributed by atoms with E-state index in [1.807, 2.05) is 18.2 Å². The molecule has 2 atom stereocenters. The largest absolute Gasteiger partial charge is 0.450 e. The minimum absolute atomic E-state index is 0.0205. The number of hydrazone groups is 1. The van der Waals surface area contributed by atoms with E-state index in [1.54, 1.807) is 29.0 Å². The quantitative estimate of drug-likeness (QED) is 0.126. The fourth-order valence-corrected chi connectivity index (χ4v) is 6.31. The van der Waals surface area contributed by atoms with Gasteiger partial charge in [0, 0.05) is 25.6 Å². The number of nitrogens with zero attached hydrogens (tertiary/aromatic N) is 6. The molecule has 47 heavy (non-hydrogen) atoms. The second kappa shape index (κ2) is 15.7. The van der Waals surface area contributed by atoms with Gasteiger partial charge in [0.05, 0.1) is 43.7 Å². The minimum atomic E-state index is -4.20. The number of H-pyrrole nitrogens is 1. The number of hydrogen-bond donors (Lipinski definition) is 4. The van der Waals surface area contributed by atoms with Gasteiger partial charge in [-0.05, 0) is 42.7 Å². The SMILES string of the molecule is CCOC(=O)NC=NN1CCOC(CNC(=O)C[C@H](NS(=O)(=O)c2ccc3ccccc3c2)C(=O)N(CCc2nn[nH]n2)C2CC2)C1. The average molecular weight is 671 g/mol. The number of aromatic nitrogens is 4. The number of aromatic amines is 1. The second-order valence-electron chi connectivity index (χ2n) is 11.0. The molecule has 252 valence electrons. The molecule has 1 aliphatic carbocycles. The Morgan fingerprint density at radius 2 is 2.02 bits per heavy atom. The summed E-state index contributed by atoms with van der Waals surface area (Å²) in [7, 11) is -4.20. The van der Waals surface area contributed by atoms with Crippen LogP contribution in [-0.4, -0.2) is 121 Å². The van der Waals surface area contributed by atoms with E-state index >= 15 is 0 Å². The van der Waals surface area contributed by atoms with Crippen molar-refractivity contribution in [1.29, 1.82) is 0 Å². The Kier molecular flexibility index (Phi) is 11.3. The van der Waals surface area contributed by atoms with Crippen molar-refractivity contribution in [2.75, 3.05) is 39.4 Å². The van der Waals surface area contributed by atoms with Gasteiger partial charge >= 0.3 is 6.09 Å². The topological polar surface area (TPSA) is 213 Å². The summed E-state index contributed by atoms with van der Waals surface area (Å²) in [6.07, 6.45) is 1.57. The van der Waals surface area contributed by atoms with E-state index in [0.717, 1.165) is 23.6 Å². The number of amides is 3. The smallest absolute Gasteiger partial charge is 0.412 e. The van der Waals surface area contributed by atoms with Crippen LogP contribution in [0.25, 0.3) is 10.8 Å². The molecule has 18 heteroatoms. The lowest BCUT2D eigenvalue weighted by molar-refractivity contribution is -0.136. The van der Waals surface area contributed by atoms with E-state index in [-0.39, 0.29) is 30.6 Å². The molecular weight excluding hydrogens is 632 g/mol. The molecule has 4 N–H and O–H groups in total. The number of nitrogens with one attached hydrogen (secondary N) is 4. The lowest BCUT2D eigenvalue weighted by atomic mass is 10.1. The first-order chi connectivity index (χ1) is 22.7. The Morgan fingerprint density at radius 3 is 2.77 bits per heavy atom. The number of ether oxygens (including phenoxy) is 2. The van der Waals surface area contributed by atoms with Gasteiger partial charge in [-0.2, -0.15) is 15.0 Å². The molecule has 2 aliphatic rings. The molecule has 17 nitrogen and oxygen atoms in total. The fourth-order valence-electron chi connectivity index (χ4n) is 5.09. The van der Waals surface area contributed by atoms with Crippen molar-refractivity contribution in [3.8, 4) is 0 Å². The maximum atomic E-state index is 13.9. The van der Waals surface area contributed by atoms with Gasteiger partial charge in [0.1, 0.15) is 12.4 Å². The number of sulfonamides is 1. The third-order valence-corrected chi connectivity index (χ3v) is 9.04. The van der Waals surface area contributed by atoms with Crippen LogP contribution < -0.4 is 15.4 Å². The van der Waals surface area contributed by atoms with Crippen molar-refractivity contribution in [2.24, 2.45) is 5.10 Å². The molecule has 3 aromatic rings. The predicted molar refractivity (Wildman–Crippen MR) is 168 cm³/mol. The third kappa shape index (κ3) is 9.66. The third-order valence-electron chi connectivity index (χ3n) is 7.58. The van der Waals surface area contributed by atoms with Crippen molar-refractivity contribution >= 4 is 45.0 Å². The van der Waals surface area contributed by atoms with Crippen molar-refractivity contribution in [1.82, 2.24) is 45.9 Å². The van der Waals surface area contributed by atoms with Crippen molar-refractivity contribution < 1.29 is 32.3 Å². The van der Waals surface area contributed by atoms with Gasteiger partial charge in [-0.15, -0.1) is 10.2 Å². The summed E-state index contributed by atoms with van der Waals surface area (Å²) in [5.41, 5.74) is 0. The zero-order valence-electron chi connectivity index (χ0n) is 25.9. The summed E-state index contributed by atoms with van der Waals surface area (Å²) in [5, 5.41) is 26.4. The fraction of sp³-hybridized carbons (Fsp3) is 0.483. The van der Waals surface area contributed by atoms with Crippen molar-refractivity contribution in [2.45, 2.75) is 55.7 Å². The van der Waals surface area contributed by atoms with Crippen LogP contribution in [0.5, 0.6) is 0 Å². The first kappa shape index (κ1) is 33.7. The minimum Gasteiger partial charge on any atom is -0.450 e. The number of carbonyl (C=O) groups is 3. The number of morpholine rings is 1. The van der Waals surface area contributed by atoms with Crippen LogP contribution in [0.2, 0.25) is 0 Å². The summed E-state index contributed by atoms with van der Waals surface area (Å²) in [4.78, 5) is 40.2. The van der Waals surface area contributed by atoms with Gasteiger partial charge in [-0.25, -0.2) is 13.2 Å². The van der Waals surface area contributed by atoms with Gasteiger partial charge in [-0.3, -0.25) is 19.9 Å². The number of tetrazole rings is 1. The van der Waals surface area contributed by atoms with Gasteiger partial charge < -0.3 is 19.7 Å². The van der Waals surface area contributed by atoms with Gasteiger partial charge in [0.25, 0.3) is 0 Å². The molecule has 1 saturated heterocycles. The van der Waals surface area contributed by atoms with Crippen molar-refractivity contribution in [3.05, 3.63) is 48.3 Å². The average Bonchev–Trinajstić information content (AvgIpc) is 3.77. The molecule has 1 saturated carbocycles. The van der Waals surface area contributed by atoms with Gasteiger partial charge in [0.2, 0.25) is 21.8 Å². The maximum Gasteiger partial charge on any atom is 0.412 e. The van der Waals surface area contributed by atoms with Crippen LogP contribution >= 0.6 is 0 Å². The van der Waals surface area contributed by atoms with Crippen LogP contribution in [0.1, 0.15) is 32.0 Å². The highest BCUT2D eigenvalue weighted by Crippen LogP contribution is 2.28. The number of benzene rings is 2. The van der Waals surface area contributed by atoms with E-state index in [0.29, 0.717) is 31.9 Å². The molecule has 0 bridgehead atoms. The van der Waals surface area contributed by atoms with Gasteiger partial charge in [0.15, 0.2) is 5.82 Å².